The second-order valence-electron chi connectivity index (χ2n) is 5.34. The third-order valence-electron chi connectivity index (χ3n) is 3.76. The summed E-state index contributed by atoms with van der Waals surface area (Å²) in [5, 5.41) is 15.4. The molecule has 1 amide bonds. The number of nitrogens with zero attached hydrogens (tertiary/aromatic N) is 1. The average molecular weight is 300 g/mol. The van der Waals surface area contributed by atoms with Gasteiger partial charge in [-0.25, -0.2) is 0 Å². The first-order chi connectivity index (χ1) is 10.6. The molecule has 0 spiro atoms. The summed E-state index contributed by atoms with van der Waals surface area (Å²) in [5.74, 6) is 0.00187. The Bertz CT molecular complexity index is 716. The molecule has 2 atom stereocenters. The van der Waals surface area contributed by atoms with Crippen molar-refractivity contribution < 1.29 is 14.5 Å². The Labute approximate surface area is 127 Å². The van der Waals surface area contributed by atoms with E-state index in [0.717, 1.165) is 16.5 Å². The van der Waals surface area contributed by atoms with E-state index in [1.165, 1.54) is 0 Å². The van der Waals surface area contributed by atoms with E-state index in [4.69, 9.17) is 4.74 Å². The number of nitrogens with one attached hydrogen (secondary N) is 1. The van der Waals surface area contributed by atoms with E-state index in [2.05, 4.69) is 5.32 Å². The smallest absolute Gasteiger partial charge is 0.230 e. The first-order valence-corrected chi connectivity index (χ1v) is 7.18. The normalized spacial score (nSPS) is 19.6. The van der Waals surface area contributed by atoms with Crippen molar-refractivity contribution in [2.45, 2.75) is 12.5 Å². The van der Waals surface area contributed by atoms with Crippen LogP contribution >= 0.6 is 0 Å². The van der Waals surface area contributed by atoms with Crippen molar-refractivity contribution in [1.82, 2.24) is 5.32 Å². The standard InChI is InChI=1S/C16H16N2O4/c19-16(14-10-15(14)18(20)21)17-7-8-22-13-6-5-11-3-1-2-4-12(11)9-13/h1-6,9,14-15H,7-8,10H2,(H,17,19)/t14-,15+/m0/s1. The van der Waals surface area contributed by atoms with Crippen LogP contribution in [0.25, 0.3) is 10.8 Å². The highest BCUT2D eigenvalue weighted by atomic mass is 16.6. The molecule has 1 aliphatic rings. The fraction of sp³-hybridized carbons (Fsp3) is 0.312. The number of hydrogen-bond donors (Lipinski definition) is 1. The zero-order valence-electron chi connectivity index (χ0n) is 11.9. The summed E-state index contributed by atoms with van der Waals surface area (Å²) < 4.78 is 5.59. The van der Waals surface area contributed by atoms with Crippen molar-refractivity contribution in [2.75, 3.05) is 13.2 Å². The summed E-state index contributed by atoms with van der Waals surface area (Å²) in [4.78, 5) is 21.7. The second-order valence-corrected chi connectivity index (χ2v) is 5.34. The van der Waals surface area contributed by atoms with E-state index >= 15 is 0 Å². The Kier molecular flexibility index (Phi) is 3.91. The molecule has 22 heavy (non-hydrogen) atoms. The number of nitro groups is 1. The van der Waals surface area contributed by atoms with Crippen LogP contribution in [0.1, 0.15) is 6.42 Å². The van der Waals surface area contributed by atoms with Crippen molar-refractivity contribution in [3.05, 3.63) is 52.6 Å². The lowest BCUT2D eigenvalue weighted by Gasteiger charge is -2.08. The maximum atomic E-state index is 11.6. The molecule has 0 heterocycles. The van der Waals surface area contributed by atoms with Gasteiger partial charge < -0.3 is 10.1 Å². The molecular weight excluding hydrogens is 284 g/mol. The highest BCUT2D eigenvalue weighted by Crippen LogP contribution is 2.32. The quantitative estimate of drug-likeness (QED) is 0.502. The van der Waals surface area contributed by atoms with Gasteiger partial charge in [-0.3, -0.25) is 14.9 Å². The first kappa shape index (κ1) is 14.3. The van der Waals surface area contributed by atoms with E-state index < -0.39 is 16.9 Å². The fourth-order valence-corrected chi connectivity index (χ4v) is 2.43. The first-order valence-electron chi connectivity index (χ1n) is 7.18. The molecule has 1 N–H and O–H groups in total. The summed E-state index contributed by atoms with van der Waals surface area (Å²) in [5.41, 5.74) is 0. The molecule has 6 heteroatoms. The van der Waals surface area contributed by atoms with Gasteiger partial charge in [-0.15, -0.1) is 0 Å². The fourth-order valence-electron chi connectivity index (χ4n) is 2.43. The van der Waals surface area contributed by atoms with Crippen LogP contribution in [0.15, 0.2) is 42.5 Å². The lowest BCUT2D eigenvalue weighted by molar-refractivity contribution is -0.497. The summed E-state index contributed by atoms with van der Waals surface area (Å²) in [6, 6.07) is 13.1. The van der Waals surface area contributed by atoms with Gasteiger partial charge in [0.15, 0.2) is 0 Å². The number of amides is 1. The van der Waals surface area contributed by atoms with Crippen LogP contribution in [0, 0.1) is 16.0 Å². The lowest BCUT2D eigenvalue weighted by Crippen LogP contribution is -2.31. The van der Waals surface area contributed by atoms with E-state index in [1.54, 1.807) is 0 Å². The third-order valence-corrected chi connectivity index (χ3v) is 3.76. The van der Waals surface area contributed by atoms with E-state index in [9.17, 15) is 14.9 Å². The van der Waals surface area contributed by atoms with Crippen LogP contribution in [-0.4, -0.2) is 30.0 Å². The van der Waals surface area contributed by atoms with Gasteiger partial charge >= 0.3 is 0 Å². The van der Waals surface area contributed by atoms with Gasteiger partial charge in [-0.2, -0.15) is 0 Å². The number of fused-ring (bicyclic) bond motifs is 1. The lowest BCUT2D eigenvalue weighted by atomic mass is 10.1. The predicted octanol–water partition coefficient (Wildman–Crippen LogP) is 2.00. The SMILES string of the molecule is O=C(NCCOc1ccc2ccccc2c1)[C@H]1C[C@H]1[N+](=O)[O-]. The molecule has 0 radical (unpaired) electrons. The monoisotopic (exact) mass is 300 g/mol. The van der Waals surface area contributed by atoms with Crippen molar-refractivity contribution >= 4 is 16.7 Å². The van der Waals surface area contributed by atoms with Gasteiger partial charge in [0.1, 0.15) is 18.3 Å². The maximum Gasteiger partial charge on any atom is 0.230 e. The molecule has 1 aliphatic carbocycles. The van der Waals surface area contributed by atoms with Crippen LogP contribution in [0.5, 0.6) is 5.75 Å². The Morgan fingerprint density at radius 1 is 1.27 bits per heavy atom. The summed E-state index contributed by atoms with van der Waals surface area (Å²) in [6.45, 7) is 0.673. The molecule has 0 aromatic heterocycles. The highest BCUT2D eigenvalue weighted by Gasteiger charge is 2.53. The molecular formula is C16H16N2O4. The van der Waals surface area contributed by atoms with Gasteiger partial charge in [0.05, 0.1) is 6.54 Å². The molecule has 0 saturated heterocycles. The van der Waals surface area contributed by atoms with Gasteiger partial charge in [-0.1, -0.05) is 30.3 Å². The second kappa shape index (κ2) is 6.01. The van der Waals surface area contributed by atoms with Gasteiger partial charge in [-0.05, 0) is 22.9 Å². The topological polar surface area (TPSA) is 81.5 Å². The minimum Gasteiger partial charge on any atom is -0.492 e. The highest BCUT2D eigenvalue weighted by molar-refractivity contribution is 5.83. The molecule has 3 rings (SSSR count). The number of benzene rings is 2. The van der Waals surface area contributed by atoms with Crippen LogP contribution in [0.2, 0.25) is 0 Å². The van der Waals surface area contributed by atoms with E-state index in [-0.39, 0.29) is 5.91 Å². The minimum atomic E-state index is -0.707. The van der Waals surface area contributed by atoms with Crippen molar-refractivity contribution in [2.24, 2.45) is 5.92 Å². The predicted molar refractivity (Wildman–Crippen MR) is 81.3 cm³/mol. The van der Waals surface area contributed by atoms with Crippen molar-refractivity contribution in [3.8, 4) is 5.75 Å². The molecule has 0 bridgehead atoms. The number of rotatable bonds is 6. The third kappa shape index (κ3) is 3.16. The molecule has 0 aliphatic heterocycles. The molecule has 1 saturated carbocycles. The minimum absolute atomic E-state index is 0.260. The van der Waals surface area contributed by atoms with E-state index in [0.29, 0.717) is 19.6 Å². The Morgan fingerprint density at radius 2 is 2.05 bits per heavy atom. The molecule has 2 aromatic rings. The van der Waals surface area contributed by atoms with Crippen LogP contribution in [0.3, 0.4) is 0 Å². The summed E-state index contributed by atoms with van der Waals surface area (Å²) >= 11 is 0. The largest absolute Gasteiger partial charge is 0.492 e. The van der Waals surface area contributed by atoms with Gasteiger partial charge in [0.25, 0.3) is 0 Å². The van der Waals surface area contributed by atoms with Gasteiger partial charge in [0, 0.05) is 11.3 Å². The number of carbonyl (C=O) groups excluding carboxylic acids is 1. The number of hydrogen-bond acceptors (Lipinski definition) is 4. The van der Waals surface area contributed by atoms with Crippen LogP contribution in [0.4, 0.5) is 0 Å². The Morgan fingerprint density at radius 3 is 2.77 bits per heavy atom. The van der Waals surface area contributed by atoms with Crippen molar-refractivity contribution in [3.63, 3.8) is 0 Å². The van der Waals surface area contributed by atoms with Gasteiger partial charge in [0.2, 0.25) is 11.9 Å². The Hall–Kier alpha value is -2.63. The van der Waals surface area contributed by atoms with Crippen LogP contribution < -0.4 is 10.1 Å². The summed E-state index contributed by atoms with van der Waals surface area (Å²) in [6.07, 6.45) is 0.338. The Balaban J connectivity index is 1.44. The number of carbonyl (C=O) groups is 1. The zero-order valence-corrected chi connectivity index (χ0v) is 11.9. The van der Waals surface area contributed by atoms with Crippen LogP contribution in [-0.2, 0) is 4.79 Å². The molecule has 1 fully saturated rings. The number of ether oxygens (including phenoxy) is 1. The van der Waals surface area contributed by atoms with E-state index in [1.807, 2.05) is 42.5 Å². The molecule has 6 nitrogen and oxygen atoms in total. The average Bonchev–Trinajstić information content (AvgIpc) is 3.32. The molecule has 2 aromatic carbocycles. The molecule has 114 valence electrons. The summed E-state index contributed by atoms with van der Waals surface area (Å²) in [7, 11) is 0. The maximum absolute atomic E-state index is 11.6. The zero-order chi connectivity index (χ0) is 15.5. The molecule has 0 unspecified atom stereocenters. The van der Waals surface area contributed by atoms with Crippen molar-refractivity contribution in [1.29, 1.82) is 0 Å².